The van der Waals surface area contributed by atoms with E-state index in [9.17, 15) is 28.0 Å². The van der Waals surface area contributed by atoms with Crippen molar-refractivity contribution in [3.63, 3.8) is 0 Å². The largest absolute Gasteiger partial charge is 0.493 e. The number of halogens is 3. The van der Waals surface area contributed by atoms with E-state index in [1.54, 1.807) is 12.1 Å². The molecule has 0 saturated carbocycles. The van der Waals surface area contributed by atoms with Crippen molar-refractivity contribution < 1.29 is 32.8 Å². The van der Waals surface area contributed by atoms with Gasteiger partial charge in [-0.2, -0.15) is 13.2 Å². The molecule has 0 bridgehead atoms. The quantitative estimate of drug-likeness (QED) is 0.551. The number of piperazine rings is 1. The number of unbranched alkanes of at least 4 members (excludes halogenated alkanes) is 1. The molecule has 1 heterocycles. The zero-order valence-electron chi connectivity index (χ0n) is 17.4. The Bertz CT molecular complexity index is 715. The van der Waals surface area contributed by atoms with Gasteiger partial charge in [0, 0.05) is 37.3 Å². The van der Waals surface area contributed by atoms with E-state index in [1.807, 2.05) is 0 Å². The minimum atomic E-state index is -5.32. The number of benzene rings is 1. The monoisotopic (exact) mass is 431 g/mol. The fraction of sp³-hybridized carbons (Fsp3) is 0.600. The van der Waals surface area contributed by atoms with Crippen LogP contribution in [0.1, 0.15) is 49.5 Å². The fourth-order valence-electron chi connectivity index (χ4n) is 3.59. The topological polar surface area (TPSA) is 73.3 Å². The normalized spacial score (nSPS) is 20.8. The molecule has 10 heteroatoms. The molecule has 1 N–H and O–H groups in total. The Balaban J connectivity index is 1.96. The molecule has 0 aliphatic carbocycles. The van der Waals surface area contributed by atoms with Gasteiger partial charge in [0.1, 0.15) is 0 Å². The summed E-state index contributed by atoms with van der Waals surface area (Å²) in [7, 11) is 0. The van der Waals surface area contributed by atoms with Gasteiger partial charge in [0.2, 0.25) is 0 Å². The van der Waals surface area contributed by atoms with Crippen molar-refractivity contribution in [3.05, 3.63) is 35.4 Å². The second kappa shape index (κ2) is 10.2. The summed E-state index contributed by atoms with van der Waals surface area (Å²) in [6.45, 7) is 10.2. The molecule has 0 unspecified atom stereocenters. The Kier molecular flexibility index (Phi) is 8.22. The summed E-state index contributed by atoms with van der Waals surface area (Å²) in [5, 5.41) is 8.62. The smallest absolute Gasteiger partial charge is 0.302 e. The molecule has 30 heavy (non-hydrogen) atoms. The maximum atomic E-state index is 12.2. The molecular formula is C20H28F3N3O4. The van der Waals surface area contributed by atoms with E-state index in [2.05, 4.69) is 35.4 Å². The van der Waals surface area contributed by atoms with E-state index in [4.69, 9.17) is 0 Å². The maximum absolute atomic E-state index is 12.2. The molecule has 0 spiro atoms. The predicted molar refractivity (Wildman–Crippen MR) is 102 cm³/mol. The van der Waals surface area contributed by atoms with Gasteiger partial charge in [0.05, 0.1) is 0 Å². The summed E-state index contributed by atoms with van der Waals surface area (Å²) >= 11 is 0. The molecule has 0 aromatic heterocycles. The summed E-state index contributed by atoms with van der Waals surface area (Å²) in [6.07, 6.45) is -2.98. The number of hydrogen-bond donors (Lipinski definition) is 1. The molecule has 2 atom stereocenters. The van der Waals surface area contributed by atoms with Crippen LogP contribution in [0.2, 0.25) is 0 Å². The van der Waals surface area contributed by atoms with Crippen molar-refractivity contribution in [1.29, 1.82) is 0 Å². The summed E-state index contributed by atoms with van der Waals surface area (Å²) in [6, 6.07) is 6.76. The minimum absolute atomic E-state index is 0.110. The Labute approximate surface area is 173 Å². The van der Waals surface area contributed by atoms with Crippen LogP contribution >= 0.6 is 0 Å². The first-order valence-electron chi connectivity index (χ1n) is 9.92. The van der Waals surface area contributed by atoms with Crippen LogP contribution < -0.4 is 0 Å². The number of rotatable bonds is 6. The number of hydroxylamine groups is 2. The first-order chi connectivity index (χ1) is 14.0. The van der Waals surface area contributed by atoms with Crippen LogP contribution in [0.5, 0.6) is 0 Å². The lowest BCUT2D eigenvalue weighted by Gasteiger charge is -2.44. The highest BCUT2D eigenvalue weighted by molar-refractivity contribution is 5.93. The van der Waals surface area contributed by atoms with E-state index in [1.165, 1.54) is 18.6 Å². The Morgan fingerprint density at radius 2 is 1.73 bits per heavy atom. The number of amides is 1. The van der Waals surface area contributed by atoms with Crippen molar-refractivity contribution in [3.8, 4) is 0 Å². The first kappa shape index (κ1) is 24.1. The standard InChI is InChI=1S/C20H28F3N3O4/c1-4-5-10-24-11-14(2)25(15(3)12-24)13-16-6-8-17(9-7-16)18(27)26(29)30-19(28)20(21,22)23/h6-9,14-15,29H,4-5,10-13H2,1-3H3/t14-,15+. The molecule has 2 rings (SSSR count). The van der Waals surface area contributed by atoms with Gasteiger partial charge >= 0.3 is 18.1 Å². The van der Waals surface area contributed by atoms with Crippen LogP contribution in [0.3, 0.4) is 0 Å². The zero-order valence-corrected chi connectivity index (χ0v) is 17.4. The average Bonchev–Trinajstić information content (AvgIpc) is 2.68. The molecule has 1 aromatic rings. The number of alkyl halides is 3. The van der Waals surface area contributed by atoms with Crippen LogP contribution in [-0.2, 0) is 16.2 Å². The SMILES string of the molecule is CCCCN1C[C@@H](C)N(Cc2ccc(C(=O)N(O)OC(=O)C(F)(F)F)cc2)[C@@H](C)C1. The highest BCUT2D eigenvalue weighted by atomic mass is 19.4. The summed E-state index contributed by atoms with van der Waals surface area (Å²) in [4.78, 5) is 31.1. The van der Waals surface area contributed by atoms with Crippen molar-refractivity contribution in [2.75, 3.05) is 19.6 Å². The number of nitrogens with zero attached hydrogens (tertiary/aromatic N) is 3. The van der Waals surface area contributed by atoms with Gasteiger partial charge < -0.3 is 9.74 Å². The maximum Gasteiger partial charge on any atom is 0.493 e. The van der Waals surface area contributed by atoms with Gasteiger partial charge in [0.15, 0.2) is 0 Å². The summed E-state index contributed by atoms with van der Waals surface area (Å²) < 4.78 is 36.5. The number of carbonyl (C=O) groups excluding carboxylic acids is 2. The first-order valence-corrected chi connectivity index (χ1v) is 9.92. The number of hydrogen-bond acceptors (Lipinski definition) is 6. The fourth-order valence-corrected chi connectivity index (χ4v) is 3.59. The van der Waals surface area contributed by atoms with Crippen molar-refractivity contribution >= 4 is 11.9 Å². The molecule has 7 nitrogen and oxygen atoms in total. The summed E-state index contributed by atoms with van der Waals surface area (Å²) in [5.74, 6) is -3.96. The van der Waals surface area contributed by atoms with Crippen LogP contribution in [-0.4, -0.2) is 70.0 Å². The van der Waals surface area contributed by atoms with Gasteiger partial charge in [0.25, 0.3) is 0 Å². The Morgan fingerprint density at radius 1 is 1.17 bits per heavy atom. The molecule has 1 saturated heterocycles. The van der Waals surface area contributed by atoms with Crippen molar-refractivity contribution in [1.82, 2.24) is 15.0 Å². The Morgan fingerprint density at radius 3 is 2.23 bits per heavy atom. The molecule has 1 aliphatic rings. The lowest BCUT2D eigenvalue weighted by atomic mass is 10.0. The van der Waals surface area contributed by atoms with Crippen LogP contribution in [0.4, 0.5) is 13.2 Å². The van der Waals surface area contributed by atoms with E-state index >= 15 is 0 Å². The second-order valence-electron chi connectivity index (χ2n) is 7.64. The van der Waals surface area contributed by atoms with Crippen LogP contribution in [0, 0.1) is 0 Å². The predicted octanol–water partition coefficient (Wildman–Crippen LogP) is 3.23. The highest BCUT2D eigenvalue weighted by Gasteiger charge is 2.43. The molecule has 1 aliphatic heterocycles. The third-order valence-corrected chi connectivity index (χ3v) is 5.15. The highest BCUT2D eigenvalue weighted by Crippen LogP contribution is 2.21. The van der Waals surface area contributed by atoms with Gasteiger partial charge in [-0.05, 0) is 49.7 Å². The minimum Gasteiger partial charge on any atom is -0.302 e. The van der Waals surface area contributed by atoms with Gasteiger partial charge in [-0.3, -0.25) is 14.9 Å². The van der Waals surface area contributed by atoms with Crippen molar-refractivity contribution in [2.24, 2.45) is 0 Å². The average molecular weight is 431 g/mol. The second-order valence-corrected chi connectivity index (χ2v) is 7.64. The third-order valence-electron chi connectivity index (χ3n) is 5.15. The molecule has 1 fully saturated rings. The molecule has 0 radical (unpaired) electrons. The summed E-state index contributed by atoms with van der Waals surface area (Å²) in [5.41, 5.74) is 0.811. The van der Waals surface area contributed by atoms with Crippen LogP contribution in [0.25, 0.3) is 0 Å². The van der Waals surface area contributed by atoms with E-state index < -0.39 is 23.3 Å². The molecule has 168 valence electrons. The molecule has 1 amide bonds. The Hall–Kier alpha value is -2.17. The van der Waals surface area contributed by atoms with Gasteiger partial charge in [-0.1, -0.05) is 25.5 Å². The lowest BCUT2D eigenvalue weighted by molar-refractivity contribution is -0.301. The zero-order chi connectivity index (χ0) is 22.5. The number of carbonyl (C=O) groups is 2. The van der Waals surface area contributed by atoms with Gasteiger partial charge in [-0.25, -0.2) is 4.79 Å². The molecule has 1 aromatic carbocycles. The van der Waals surface area contributed by atoms with E-state index in [0.29, 0.717) is 18.6 Å². The third kappa shape index (κ3) is 6.41. The molecular weight excluding hydrogens is 403 g/mol. The lowest BCUT2D eigenvalue weighted by Crippen LogP contribution is -2.56. The van der Waals surface area contributed by atoms with Gasteiger partial charge in [-0.15, -0.1) is 0 Å². The van der Waals surface area contributed by atoms with Crippen molar-refractivity contribution in [2.45, 2.75) is 58.4 Å². The van der Waals surface area contributed by atoms with E-state index in [-0.39, 0.29) is 5.56 Å². The van der Waals surface area contributed by atoms with Crippen LogP contribution in [0.15, 0.2) is 24.3 Å². The van der Waals surface area contributed by atoms with E-state index in [0.717, 1.165) is 31.6 Å².